The second-order valence-electron chi connectivity index (χ2n) is 8.42. The molecule has 0 spiro atoms. The third-order valence-electron chi connectivity index (χ3n) is 5.64. The van der Waals surface area contributed by atoms with Crippen molar-refractivity contribution in [3.8, 4) is 0 Å². The lowest BCUT2D eigenvalue weighted by molar-refractivity contribution is -0.133. The topological polar surface area (TPSA) is 57.6 Å². The molecule has 0 radical (unpaired) electrons. The molecule has 3 amide bonds. The number of hydrogen-bond donors (Lipinski definition) is 1. The van der Waals surface area contributed by atoms with Crippen LogP contribution >= 0.6 is 0 Å². The van der Waals surface area contributed by atoms with Gasteiger partial charge in [0.05, 0.1) is 6.54 Å². The summed E-state index contributed by atoms with van der Waals surface area (Å²) in [5.41, 5.74) is 3.91. The van der Waals surface area contributed by atoms with E-state index in [1.54, 1.807) is 4.90 Å². The van der Waals surface area contributed by atoms with Gasteiger partial charge >= 0.3 is 6.03 Å². The van der Waals surface area contributed by atoms with Crippen LogP contribution in [-0.4, -0.2) is 39.4 Å². The van der Waals surface area contributed by atoms with E-state index in [4.69, 9.17) is 0 Å². The summed E-state index contributed by atoms with van der Waals surface area (Å²) >= 11 is 0. The summed E-state index contributed by atoms with van der Waals surface area (Å²) in [7, 11) is 1.98. The van der Waals surface area contributed by atoms with Crippen molar-refractivity contribution in [3.05, 3.63) is 89.7 Å². The van der Waals surface area contributed by atoms with Crippen LogP contribution in [0.15, 0.2) is 72.9 Å². The molecule has 6 nitrogen and oxygen atoms in total. The Labute approximate surface area is 196 Å². The fourth-order valence-electron chi connectivity index (χ4n) is 3.68. The monoisotopic (exact) mass is 446 g/mol. The first-order valence-corrected chi connectivity index (χ1v) is 11.5. The highest BCUT2D eigenvalue weighted by molar-refractivity contribution is 5.92. The Hall–Kier alpha value is -3.54. The van der Waals surface area contributed by atoms with Gasteiger partial charge in [0.25, 0.3) is 0 Å². The summed E-state index contributed by atoms with van der Waals surface area (Å²) < 4.78 is 2.02. The largest absolute Gasteiger partial charge is 0.353 e. The van der Waals surface area contributed by atoms with E-state index in [0.29, 0.717) is 19.6 Å². The summed E-state index contributed by atoms with van der Waals surface area (Å²) in [5.74, 6) is -0.0736. The maximum Gasteiger partial charge on any atom is 0.322 e. The van der Waals surface area contributed by atoms with Crippen molar-refractivity contribution in [1.82, 2.24) is 14.4 Å². The molecule has 0 aliphatic heterocycles. The van der Waals surface area contributed by atoms with E-state index in [1.807, 2.05) is 96.4 Å². The Morgan fingerprint density at radius 1 is 0.939 bits per heavy atom. The summed E-state index contributed by atoms with van der Waals surface area (Å²) in [6.45, 7) is 5.61. The zero-order valence-electron chi connectivity index (χ0n) is 19.8. The molecule has 174 valence electrons. The third-order valence-corrected chi connectivity index (χ3v) is 5.64. The Morgan fingerprint density at radius 2 is 1.73 bits per heavy atom. The highest BCUT2D eigenvalue weighted by Gasteiger charge is 2.22. The summed E-state index contributed by atoms with van der Waals surface area (Å²) in [6, 6.07) is 21.4. The molecule has 0 saturated carbocycles. The zero-order chi connectivity index (χ0) is 23.6. The van der Waals surface area contributed by atoms with Crippen molar-refractivity contribution in [2.45, 2.75) is 39.8 Å². The van der Waals surface area contributed by atoms with Crippen LogP contribution in [0.2, 0.25) is 0 Å². The Morgan fingerprint density at radius 3 is 2.39 bits per heavy atom. The van der Waals surface area contributed by atoms with Gasteiger partial charge in [-0.15, -0.1) is 0 Å². The number of carbonyl (C=O) groups excluding carboxylic acids is 2. The second-order valence-corrected chi connectivity index (χ2v) is 8.42. The second kappa shape index (κ2) is 11.9. The molecule has 0 aliphatic carbocycles. The average Bonchev–Trinajstić information content (AvgIpc) is 3.21. The van der Waals surface area contributed by atoms with Crippen LogP contribution in [0, 0.1) is 6.92 Å². The number of amides is 3. The third kappa shape index (κ3) is 7.24. The van der Waals surface area contributed by atoms with Gasteiger partial charge in [-0.2, -0.15) is 0 Å². The lowest BCUT2D eigenvalue weighted by Gasteiger charge is -2.28. The van der Waals surface area contributed by atoms with Crippen LogP contribution in [0.5, 0.6) is 0 Å². The Kier molecular flexibility index (Phi) is 8.70. The highest BCUT2D eigenvalue weighted by atomic mass is 16.2. The number of anilines is 1. The summed E-state index contributed by atoms with van der Waals surface area (Å²) in [4.78, 5) is 30.0. The molecule has 0 atom stereocenters. The van der Waals surface area contributed by atoms with Crippen LogP contribution in [0.1, 0.15) is 36.6 Å². The van der Waals surface area contributed by atoms with E-state index in [9.17, 15) is 9.59 Å². The minimum Gasteiger partial charge on any atom is -0.353 e. The van der Waals surface area contributed by atoms with Gasteiger partial charge in [0.2, 0.25) is 5.91 Å². The average molecular weight is 447 g/mol. The number of aromatic nitrogens is 1. The molecule has 1 heterocycles. The molecule has 3 rings (SSSR count). The summed E-state index contributed by atoms with van der Waals surface area (Å²) in [6.07, 6.45) is 3.76. The van der Waals surface area contributed by atoms with E-state index in [0.717, 1.165) is 35.3 Å². The number of rotatable bonds is 10. The van der Waals surface area contributed by atoms with Crippen LogP contribution in [-0.2, 0) is 24.9 Å². The maximum absolute atomic E-state index is 13.5. The van der Waals surface area contributed by atoms with Crippen molar-refractivity contribution in [3.63, 3.8) is 0 Å². The van der Waals surface area contributed by atoms with E-state index >= 15 is 0 Å². The molecule has 0 fully saturated rings. The molecule has 6 heteroatoms. The van der Waals surface area contributed by atoms with Gasteiger partial charge in [0.1, 0.15) is 6.54 Å². The quantitative estimate of drug-likeness (QED) is 0.466. The minimum atomic E-state index is -0.249. The van der Waals surface area contributed by atoms with E-state index < -0.39 is 0 Å². The maximum atomic E-state index is 13.5. The van der Waals surface area contributed by atoms with Crippen molar-refractivity contribution in [1.29, 1.82) is 0 Å². The van der Waals surface area contributed by atoms with Gasteiger partial charge in [-0.05, 0) is 48.7 Å². The van der Waals surface area contributed by atoms with Crippen LogP contribution in [0.25, 0.3) is 0 Å². The van der Waals surface area contributed by atoms with E-state index in [2.05, 4.69) is 12.2 Å². The normalized spacial score (nSPS) is 10.6. The molecule has 33 heavy (non-hydrogen) atoms. The van der Waals surface area contributed by atoms with Gasteiger partial charge in [0.15, 0.2) is 0 Å². The number of unbranched alkanes of at least 4 members (excludes halogenated alkanes) is 1. The molecule has 1 aromatic heterocycles. The van der Waals surface area contributed by atoms with Gasteiger partial charge < -0.3 is 19.7 Å². The molecular weight excluding hydrogens is 412 g/mol. The van der Waals surface area contributed by atoms with Crippen LogP contribution < -0.4 is 5.32 Å². The number of carbonyl (C=O) groups is 2. The van der Waals surface area contributed by atoms with Crippen LogP contribution in [0.4, 0.5) is 10.5 Å². The van der Waals surface area contributed by atoms with Crippen molar-refractivity contribution >= 4 is 17.6 Å². The molecule has 0 saturated heterocycles. The van der Waals surface area contributed by atoms with Crippen molar-refractivity contribution in [2.75, 3.05) is 18.4 Å². The van der Waals surface area contributed by atoms with E-state index in [-0.39, 0.29) is 18.5 Å². The van der Waals surface area contributed by atoms with Gasteiger partial charge in [0, 0.05) is 37.7 Å². The number of hydrogen-bond acceptors (Lipinski definition) is 2. The number of nitrogens with zero attached hydrogens (tertiary/aromatic N) is 3. The number of benzene rings is 2. The first-order valence-electron chi connectivity index (χ1n) is 11.5. The number of urea groups is 1. The summed E-state index contributed by atoms with van der Waals surface area (Å²) in [5, 5.41) is 2.95. The fourth-order valence-corrected chi connectivity index (χ4v) is 3.68. The molecule has 0 aliphatic rings. The predicted molar refractivity (Wildman–Crippen MR) is 133 cm³/mol. The smallest absolute Gasteiger partial charge is 0.322 e. The van der Waals surface area contributed by atoms with E-state index in [1.165, 1.54) is 0 Å². The lowest BCUT2D eigenvalue weighted by atomic mass is 10.2. The fraction of sp³-hybridized carbons (Fsp3) is 0.333. The molecule has 0 unspecified atom stereocenters. The van der Waals surface area contributed by atoms with Crippen molar-refractivity contribution in [2.24, 2.45) is 7.05 Å². The minimum absolute atomic E-state index is 0.0366. The molecule has 2 aromatic carbocycles. The van der Waals surface area contributed by atoms with Gasteiger partial charge in [-0.1, -0.05) is 55.8 Å². The molecular formula is C27H34N4O2. The lowest BCUT2D eigenvalue weighted by Crippen LogP contribution is -2.44. The highest BCUT2D eigenvalue weighted by Crippen LogP contribution is 2.14. The standard InChI is InChI=1S/C27H34N4O2/c1-4-5-17-30(27(33)28-24-14-9-11-22(2)18-24)21-26(32)31(19-23-12-7-6-8-13-23)20-25-15-10-16-29(25)3/h6-16,18H,4-5,17,19-21H2,1-3H3,(H,28,33). The van der Waals surface area contributed by atoms with Gasteiger partial charge in [-0.25, -0.2) is 4.79 Å². The first kappa shape index (κ1) is 24.1. The zero-order valence-corrected chi connectivity index (χ0v) is 19.8. The number of nitrogens with one attached hydrogen (secondary N) is 1. The Bertz CT molecular complexity index is 1050. The van der Waals surface area contributed by atoms with Crippen LogP contribution in [0.3, 0.4) is 0 Å². The number of aryl methyl sites for hydroxylation is 2. The first-order chi connectivity index (χ1) is 16.0. The molecule has 0 bridgehead atoms. The SMILES string of the molecule is CCCCN(CC(=O)N(Cc1ccccc1)Cc1cccn1C)C(=O)Nc1cccc(C)c1. The molecule has 3 aromatic rings. The van der Waals surface area contributed by atoms with Crippen molar-refractivity contribution < 1.29 is 9.59 Å². The molecule has 1 N–H and O–H groups in total. The van der Waals surface area contributed by atoms with Gasteiger partial charge in [-0.3, -0.25) is 4.79 Å². The Balaban J connectivity index is 1.76. The predicted octanol–water partition coefficient (Wildman–Crippen LogP) is 5.20.